The van der Waals surface area contributed by atoms with Gasteiger partial charge in [-0.25, -0.2) is 8.78 Å². The van der Waals surface area contributed by atoms with Crippen LogP contribution in [0.1, 0.15) is 20.3 Å². The molecule has 100 valence electrons. The Kier molecular flexibility index (Phi) is 4.17. The third-order valence-electron chi connectivity index (χ3n) is 3.37. The topological polar surface area (TPSA) is 15.3 Å². The molecule has 0 spiro atoms. The number of hydrogen-bond donors (Lipinski definition) is 1. The third kappa shape index (κ3) is 2.99. The number of halogens is 2. The molecule has 1 aliphatic heterocycles. The highest BCUT2D eigenvalue weighted by molar-refractivity contribution is 5.49. The van der Waals surface area contributed by atoms with E-state index >= 15 is 0 Å². The van der Waals surface area contributed by atoms with Crippen molar-refractivity contribution in [2.75, 3.05) is 24.5 Å². The van der Waals surface area contributed by atoms with Crippen LogP contribution in [-0.4, -0.2) is 25.7 Å². The van der Waals surface area contributed by atoms with E-state index in [1.165, 1.54) is 0 Å². The summed E-state index contributed by atoms with van der Waals surface area (Å²) in [5.41, 5.74) is 0.391. The van der Waals surface area contributed by atoms with Crippen molar-refractivity contribution in [3.8, 4) is 0 Å². The Labute approximate surface area is 107 Å². The molecule has 1 aromatic rings. The highest BCUT2D eigenvalue weighted by atomic mass is 19.2. The molecule has 0 radical (unpaired) electrons. The van der Waals surface area contributed by atoms with E-state index < -0.39 is 11.6 Å². The van der Waals surface area contributed by atoms with Gasteiger partial charge in [0.2, 0.25) is 0 Å². The zero-order valence-corrected chi connectivity index (χ0v) is 10.9. The van der Waals surface area contributed by atoms with Gasteiger partial charge in [0.25, 0.3) is 0 Å². The van der Waals surface area contributed by atoms with Crippen molar-refractivity contribution >= 4 is 5.69 Å². The molecule has 1 aromatic carbocycles. The minimum Gasteiger partial charge on any atom is -0.369 e. The van der Waals surface area contributed by atoms with Crippen LogP contribution in [0.4, 0.5) is 14.5 Å². The Morgan fingerprint density at radius 1 is 1.39 bits per heavy atom. The molecule has 1 saturated heterocycles. The van der Waals surface area contributed by atoms with E-state index in [2.05, 4.69) is 19.2 Å². The van der Waals surface area contributed by atoms with Gasteiger partial charge < -0.3 is 10.2 Å². The highest BCUT2D eigenvalue weighted by Crippen LogP contribution is 2.27. The second kappa shape index (κ2) is 5.65. The van der Waals surface area contributed by atoms with Crippen LogP contribution in [0.3, 0.4) is 0 Å². The average molecular weight is 254 g/mol. The molecule has 2 nitrogen and oxygen atoms in total. The number of benzene rings is 1. The van der Waals surface area contributed by atoms with Crippen LogP contribution in [0.15, 0.2) is 18.2 Å². The monoisotopic (exact) mass is 254 g/mol. The molecule has 1 heterocycles. The van der Waals surface area contributed by atoms with Gasteiger partial charge in [-0.3, -0.25) is 0 Å². The lowest BCUT2D eigenvalue weighted by atomic mass is 10.1. The first-order valence-electron chi connectivity index (χ1n) is 6.50. The van der Waals surface area contributed by atoms with Crippen LogP contribution < -0.4 is 10.2 Å². The molecule has 18 heavy (non-hydrogen) atoms. The predicted molar refractivity (Wildman–Crippen MR) is 69.8 cm³/mol. The SMILES string of the molecule is CC(C)NCC1CCN(c2cccc(F)c2F)C1. The Bertz CT molecular complexity index is 407. The summed E-state index contributed by atoms with van der Waals surface area (Å²) >= 11 is 0. The van der Waals surface area contributed by atoms with Crippen LogP contribution in [0.25, 0.3) is 0 Å². The van der Waals surface area contributed by atoms with Crippen LogP contribution >= 0.6 is 0 Å². The first kappa shape index (κ1) is 13.3. The van der Waals surface area contributed by atoms with E-state index in [0.29, 0.717) is 17.6 Å². The maximum Gasteiger partial charge on any atom is 0.182 e. The maximum atomic E-state index is 13.7. The van der Waals surface area contributed by atoms with E-state index in [4.69, 9.17) is 0 Å². The maximum absolute atomic E-state index is 13.7. The van der Waals surface area contributed by atoms with E-state index in [0.717, 1.165) is 32.1 Å². The van der Waals surface area contributed by atoms with Gasteiger partial charge >= 0.3 is 0 Å². The first-order chi connectivity index (χ1) is 8.58. The summed E-state index contributed by atoms with van der Waals surface area (Å²) in [5, 5.41) is 3.39. The van der Waals surface area contributed by atoms with Crippen LogP contribution in [0, 0.1) is 17.6 Å². The summed E-state index contributed by atoms with van der Waals surface area (Å²) in [6, 6.07) is 4.83. The second-order valence-electron chi connectivity index (χ2n) is 5.24. The van der Waals surface area contributed by atoms with Gasteiger partial charge in [0.1, 0.15) is 0 Å². The molecule has 1 aliphatic rings. The fourth-order valence-electron chi connectivity index (χ4n) is 2.36. The first-order valence-corrected chi connectivity index (χ1v) is 6.50. The molecule has 2 rings (SSSR count). The Hall–Kier alpha value is -1.16. The molecular formula is C14H20F2N2. The summed E-state index contributed by atoms with van der Waals surface area (Å²) in [6.45, 7) is 6.74. The summed E-state index contributed by atoms with van der Waals surface area (Å²) < 4.78 is 26.8. The zero-order chi connectivity index (χ0) is 13.1. The minimum atomic E-state index is -0.767. The van der Waals surface area contributed by atoms with E-state index in [1.54, 1.807) is 12.1 Å². The van der Waals surface area contributed by atoms with Gasteiger partial charge in [-0.15, -0.1) is 0 Å². The van der Waals surface area contributed by atoms with Gasteiger partial charge in [-0.05, 0) is 31.0 Å². The van der Waals surface area contributed by atoms with Crippen molar-refractivity contribution < 1.29 is 8.78 Å². The summed E-state index contributed by atoms with van der Waals surface area (Å²) in [5.74, 6) is -0.985. The molecule has 1 unspecified atom stereocenters. The Morgan fingerprint density at radius 2 is 2.17 bits per heavy atom. The molecule has 0 amide bonds. The standard InChI is InChI=1S/C14H20F2N2/c1-10(2)17-8-11-6-7-18(9-11)13-5-3-4-12(15)14(13)16/h3-5,10-11,17H,6-9H2,1-2H3. The smallest absolute Gasteiger partial charge is 0.182 e. The number of nitrogens with one attached hydrogen (secondary N) is 1. The lowest BCUT2D eigenvalue weighted by Gasteiger charge is -2.20. The summed E-state index contributed by atoms with van der Waals surface area (Å²) in [7, 11) is 0. The van der Waals surface area contributed by atoms with Crippen LogP contribution in [-0.2, 0) is 0 Å². The number of nitrogens with zero attached hydrogens (tertiary/aromatic N) is 1. The van der Waals surface area contributed by atoms with Crippen molar-refractivity contribution in [1.29, 1.82) is 0 Å². The number of hydrogen-bond acceptors (Lipinski definition) is 2. The lowest BCUT2D eigenvalue weighted by molar-refractivity contribution is 0.478. The van der Waals surface area contributed by atoms with E-state index in [-0.39, 0.29) is 0 Å². The van der Waals surface area contributed by atoms with Crippen LogP contribution in [0.5, 0.6) is 0 Å². The molecule has 0 aliphatic carbocycles. The normalized spacial score (nSPS) is 19.8. The molecule has 0 saturated carbocycles. The van der Waals surface area contributed by atoms with Gasteiger partial charge in [0.05, 0.1) is 5.69 Å². The fourth-order valence-corrected chi connectivity index (χ4v) is 2.36. The predicted octanol–water partition coefficient (Wildman–Crippen LogP) is 2.79. The minimum absolute atomic E-state index is 0.391. The van der Waals surface area contributed by atoms with E-state index in [1.807, 2.05) is 4.90 Å². The number of anilines is 1. The molecule has 4 heteroatoms. The Balaban J connectivity index is 1.98. The molecule has 1 atom stereocenters. The van der Waals surface area contributed by atoms with Crippen molar-refractivity contribution in [2.24, 2.45) is 5.92 Å². The summed E-state index contributed by atoms with van der Waals surface area (Å²) in [4.78, 5) is 1.94. The van der Waals surface area contributed by atoms with Gasteiger partial charge in [-0.1, -0.05) is 19.9 Å². The largest absolute Gasteiger partial charge is 0.369 e. The van der Waals surface area contributed by atoms with Crippen molar-refractivity contribution in [2.45, 2.75) is 26.3 Å². The fraction of sp³-hybridized carbons (Fsp3) is 0.571. The number of rotatable bonds is 4. The van der Waals surface area contributed by atoms with Gasteiger partial charge in [0.15, 0.2) is 11.6 Å². The molecular weight excluding hydrogens is 234 g/mol. The van der Waals surface area contributed by atoms with Crippen molar-refractivity contribution in [1.82, 2.24) is 5.32 Å². The Morgan fingerprint density at radius 3 is 2.89 bits per heavy atom. The molecule has 0 bridgehead atoms. The lowest BCUT2D eigenvalue weighted by Crippen LogP contribution is -2.30. The van der Waals surface area contributed by atoms with E-state index in [9.17, 15) is 8.78 Å². The van der Waals surface area contributed by atoms with Crippen molar-refractivity contribution in [3.05, 3.63) is 29.8 Å². The highest BCUT2D eigenvalue weighted by Gasteiger charge is 2.25. The van der Waals surface area contributed by atoms with Gasteiger partial charge in [-0.2, -0.15) is 0 Å². The summed E-state index contributed by atoms with van der Waals surface area (Å²) in [6.07, 6.45) is 1.02. The zero-order valence-electron chi connectivity index (χ0n) is 10.9. The molecule has 1 fully saturated rings. The van der Waals surface area contributed by atoms with Crippen molar-refractivity contribution in [3.63, 3.8) is 0 Å². The quantitative estimate of drug-likeness (QED) is 0.889. The average Bonchev–Trinajstić information content (AvgIpc) is 2.78. The molecule has 0 aromatic heterocycles. The molecule has 1 N–H and O–H groups in total. The third-order valence-corrected chi connectivity index (χ3v) is 3.37. The van der Waals surface area contributed by atoms with Crippen LogP contribution in [0.2, 0.25) is 0 Å². The van der Waals surface area contributed by atoms with Gasteiger partial charge in [0, 0.05) is 19.1 Å². The second-order valence-corrected chi connectivity index (χ2v) is 5.24.